The van der Waals surface area contributed by atoms with Gasteiger partial charge >= 0.3 is 5.97 Å². The molecule has 0 unspecified atom stereocenters. The van der Waals surface area contributed by atoms with Crippen LogP contribution in [-0.2, 0) is 20.7 Å². The largest absolute Gasteiger partial charge is 0.465 e. The molecule has 1 saturated heterocycles. The van der Waals surface area contributed by atoms with Crippen molar-refractivity contribution in [3.05, 3.63) is 48.0 Å². The van der Waals surface area contributed by atoms with Crippen LogP contribution in [-0.4, -0.2) is 49.4 Å². The topological polar surface area (TPSA) is 75.7 Å². The minimum atomic E-state index is -0.374. The van der Waals surface area contributed by atoms with E-state index in [0.29, 0.717) is 44.5 Å². The number of likely N-dealkylation sites (tertiary alicyclic amines) is 1. The van der Waals surface area contributed by atoms with E-state index in [4.69, 9.17) is 4.74 Å². The van der Waals surface area contributed by atoms with E-state index < -0.39 is 0 Å². The lowest BCUT2D eigenvalue weighted by Gasteiger charge is -2.30. The average molecular weight is 344 g/mol. The number of rotatable bonds is 6. The first kappa shape index (κ1) is 18.7. The third-order valence-electron chi connectivity index (χ3n) is 4.47. The summed E-state index contributed by atoms with van der Waals surface area (Å²) in [5.41, 5.74) is 1.37. The van der Waals surface area contributed by atoms with Gasteiger partial charge in [0.05, 0.1) is 12.7 Å². The summed E-state index contributed by atoms with van der Waals surface area (Å²) in [5.74, 6) is -0.537. The summed E-state index contributed by atoms with van der Waals surface area (Å²) in [6, 6.07) is 7.22. The maximum Gasteiger partial charge on any atom is 0.338 e. The van der Waals surface area contributed by atoms with Crippen LogP contribution in [0.4, 0.5) is 0 Å². The van der Waals surface area contributed by atoms with Gasteiger partial charge in [-0.05, 0) is 37.0 Å². The molecule has 134 valence electrons. The summed E-state index contributed by atoms with van der Waals surface area (Å²) < 4.78 is 4.77. The summed E-state index contributed by atoms with van der Waals surface area (Å²) in [4.78, 5) is 37.3. The fraction of sp³-hybridized carbons (Fsp3) is 0.421. The predicted molar refractivity (Wildman–Crippen MR) is 94.0 cm³/mol. The van der Waals surface area contributed by atoms with E-state index in [0.717, 1.165) is 5.56 Å². The van der Waals surface area contributed by atoms with Gasteiger partial charge in [-0.1, -0.05) is 24.8 Å². The SMILES string of the molecule is C=CC(=O)N1CCC(C(=O)NCCc2ccccc2C(=O)OC)CC1. The number of benzene rings is 1. The van der Waals surface area contributed by atoms with Crippen molar-refractivity contribution in [3.63, 3.8) is 0 Å². The monoisotopic (exact) mass is 344 g/mol. The van der Waals surface area contributed by atoms with Crippen molar-refractivity contribution in [1.82, 2.24) is 10.2 Å². The standard InChI is InChI=1S/C19H24N2O4/c1-3-17(22)21-12-9-15(10-13-21)18(23)20-11-8-14-6-4-5-7-16(14)19(24)25-2/h3-7,15H,1,8-13H2,2H3,(H,20,23). The number of amides is 2. The second kappa shape index (κ2) is 9.01. The first-order chi connectivity index (χ1) is 12.1. The van der Waals surface area contributed by atoms with E-state index in [9.17, 15) is 14.4 Å². The number of hydrogen-bond acceptors (Lipinski definition) is 4. The first-order valence-corrected chi connectivity index (χ1v) is 8.42. The Morgan fingerprint density at radius 1 is 1.28 bits per heavy atom. The van der Waals surface area contributed by atoms with Crippen molar-refractivity contribution < 1.29 is 19.1 Å². The summed E-state index contributed by atoms with van der Waals surface area (Å²) in [6.07, 6.45) is 3.18. The van der Waals surface area contributed by atoms with E-state index in [1.807, 2.05) is 12.1 Å². The van der Waals surface area contributed by atoms with E-state index in [1.165, 1.54) is 13.2 Å². The van der Waals surface area contributed by atoms with Gasteiger partial charge in [-0.15, -0.1) is 0 Å². The van der Waals surface area contributed by atoms with Crippen LogP contribution in [0.1, 0.15) is 28.8 Å². The van der Waals surface area contributed by atoms with Gasteiger partial charge in [0.2, 0.25) is 11.8 Å². The van der Waals surface area contributed by atoms with Gasteiger partial charge in [0.25, 0.3) is 0 Å². The Hall–Kier alpha value is -2.63. The van der Waals surface area contributed by atoms with Crippen LogP contribution in [0.25, 0.3) is 0 Å². The highest BCUT2D eigenvalue weighted by Gasteiger charge is 2.26. The molecule has 2 rings (SSSR count). The fourth-order valence-electron chi connectivity index (χ4n) is 3.00. The number of carbonyl (C=O) groups excluding carboxylic acids is 3. The van der Waals surface area contributed by atoms with E-state index in [-0.39, 0.29) is 23.7 Å². The highest BCUT2D eigenvalue weighted by Crippen LogP contribution is 2.17. The summed E-state index contributed by atoms with van der Waals surface area (Å²) in [7, 11) is 1.35. The molecule has 0 aromatic heterocycles. The third-order valence-corrected chi connectivity index (χ3v) is 4.47. The molecule has 1 aliphatic rings. The first-order valence-electron chi connectivity index (χ1n) is 8.42. The van der Waals surface area contributed by atoms with Gasteiger partial charge in [0.15, 0.2) is 0 Å². The lowest BCUT2D eigenvalue weighted by atomic mass is 9.95. The predicted octanol–water partition coefficient (Wildman–Crippen LogP) is 1.56. The Morgan fingerprint density at radius 2 is 1.96 bits per heavy atom. The summed E-state index contributed by atoms with van der Waals surface area (Å²) >= 11 is 0. The number of esters is 1. The van der Waals surface area contributed by atoms with Crippen LogP contribution in [0.5, 0.6) is 0 Å². The number of methoxy groups -OCH3 is 1. The molecule has 25 heavy (non-hydrogen) atoms. The van der Waals surface area contributed by atoms with Crippen LogP contribution in [0.3, 0.4) is 0 Å². The molecule has 0 spiro atoms. The number of hydrogen-bond donors (Lipinski definition) is 1. The molecular formula is C19H24N2O4. The minimum Gasteiger partial charge on any atom is -0.465 e. The highest BCUT2D eigenvalue weighted by atomic mass is 16.5. The smallest absolute Gasteiger partial charge is 0.338 e. The lowest BCUT2D eigenvalue weighted by molar-refractivity contribution is -0.132. The Balaban J connectivity index is 1.81. The molecule has 1 N–H and O–H groups in total. The van der Waals surface area contributed by atoms with Gasteiger partial charge in [-0.3, -0.25) is 9.59 Å². The molecule has 0 aliphatic carbocycles. The molecule has 0 atom stereocenters. The molecule has 2 amide bonds. The maximum atomic E-state index is 12.3. The summed E-state index contributed by atoms with van der Waals surface area (Å²) in [6.45, 7) is 5.09. The molecule has 6 heteroatoms. The van der Waals surface area contributed by atoms with Crippen molar-refractivity contribution in [2.24, 2.45) is 5.92 Å². The average Bonchev–Trinajstić information content (AvgIpc) is 2.67. The normalized spacial score (nSPS) is 14.7. The van der Waals surface area contributed by atoms with Gasteiger partial charge in [-0.25, -0.2) is 4.79 Å². The second-order valence-electron chi connectivity index (χ2n) is 5.99. The third kappa shape index (κ3) is 4.92. The highest BCUT2D eigenvalue weighted by molar-refractivity contribution is 5.91. The molecule has 1 heterocycles. The van der Waals surface area contributed by atoms with Gasteiger partial charge in [-0.2, -0.15) is 0 Å². The van der Waals surface area contributed by atoms with Crippen LogP contribution in [0.2, 0.25) is 0 Å². The molecule has 1 aromatic carbocycles. The van der Waals surface area contributed by atoms with Crippen LogP contribution < -0.4 is 5.32 Å². The van der Waals surface area contributed by atoms with Crippen molar-refractivity contribution in [1.29, 1.82) is 0 Å². The van der Waals surface area contributed by atoms with E-state index >= 15 is 0 Å². The quantitative estimate of drug-likeness (QED) is 0.628. The molecule has 1 fully saturated rings. The van der Waals surface area contributed by atoms with E-state index in [1.54, 1.807) is 17.0 Å². The van der Waals surface area contributed by atoms with Crippen molar-refractivity contribution >= 4 is 17.8 Å². The second-order valence-corrected chi connectivity index (χ2v) is 5.99. The molecule has 6 nitrogen and oxygen atoms in total. The minimum absolute atomic E-state index is 0.00116. The maximum absolute atomic E-state index is 12.3. The Morgan fingerprint density at radius 3 is 2.60 bits per heavy atom. The van der Waals surface area contributed by atoms with Gasteiger partial charge in [0, 0.05) is 25.6 Å². The van der Waals surface area contributed by atoms with Crippen molar-refractivity contribution in [3.8, 4) is 0 Å². The van der Waals surface area contributed by atoms with Crippen molar-refractivity contribution in [2.75, 3.05) is 26.7 Å². The molecular weight excluding hydrogens is 320 g/mol. The van der Waals surface area contributed by atoms with Crippen LogP contribution in [0, 0.1) is 5.92 Å². The van der Waals surface area contributed by atoms with Gasteiger partial charge < -0.3 is 15.0 Å². The zero-order chi connectivity index (χ0) is 18.2. The zero-order valence-corrected chi connectivity index (χ0v) is 14.5. The number of nitrogens with one attached hydrogen (secondary N) is 1. The molecule has 0 bridgehead atoms. The number of ether oxygens (including phenoxy) is 1. The molecule has 1 aliphatic heterocycles. The van der Waals surface area contributed by atoms with E-state index in [2.05, 4.69) is 11.9 Å². The van der Waals surface area contributed by atoms with Gasteiger partial charge in [0.1, 0.15) is 0 Å². The lowest BCUT2D eigenvalue weighted by Crippen LogP contribution is -2.42. The van der Waals surface area contributed by atoms with Crippen LogP contribution >= 0.6 is 0 Å². The Bertz CT molecular complexity index is 649. The number of carbonyl (C=O) groups is 3. The Labute approximate surface area is 147 Å². The molecule has 0 saturated carbocycles. The van der Waals surface area contributed by atoms with Crippen LogP contribution in [0.15, 0.2) is 36.9 Å². The van der Waals surface area contributed by atoms with Crippen molar-refractivity contribution in [2.45, 2.75) is 19.3 Å². The fourth-order valence-corrected chi connectivity index (χ4v) is 3.00. The number of piperidine rings is 1. The molecule has 0 radical (unpaired) electrons. The molecule has 1 aromatic rings. The Kier molecular flexibility index (Phi) is 6.74. The number of nitrogens with zero attached hydrogens (tertiary/aromatic N) is 1. The zero-order valence-electron chi connectivity index (χ0n) is 14.5. The summed E-state index contributed by atoms with van der Waals surface area (Å²) in [5, 5.41) is 2.93.